The summed E-state index contributed by atoms with van der Waals surface area (Å²) in [6, 6.07) is 12.4. The maximum Gasteiger partial charge on any atom is 0.324 e. The average molecular weight is 342 g/mol. The molecule has 0 radical (unpaired) electrons. The first-order chi connectivity index (χ1) is 12.3. The van der Waals surface area contributed by atoms with Gasteiger partial charge in [-0.25, -0.2) is 4.79 Å². The highest BCUT2D eigenvalue weighted by Crippen LogP contribution is 2.08. The molecular formula is C17H22N6O2. The Morgan fingerprint density at radius 2 is 1.72 bits per heavy atom. The molecule has 1 aliphatic rings. The second kappa shape index (κ2) is 8.95. The molecule has 1 aromatic heterocycles. The number of morpholine rings is 1. The molecule has 0 atom stereocenters. The summed E-state index contributed by atoms with van der Waals surface area (Å²) in [5.41, 5.74) is 0.717. The van der Waals surface area contributed by atoms with Crippen LogP contribution in [0.5, 0.6) is 0 Å². The van der Waals surface area contributed by atoms with E-state index in [-0.39, 0.29) is 6.03 Å². The zero-order valence-electron chi connectivity index (χ0n) is 13.9. The summed E-state index contributed by atoms with van der Waals surface area (Å²) in [6.45, 7) is 5.25. The van der Waals surface area contributed by atoms with Crippen LogP contribution >= 0.6 is 0 Å². The van der Waals surface area contributed by atoms with E-state index in [2.05, 4.69) is 31.0 Å². The number of urea groups is 1. The zero-order valence-corrected chi connectivity index (χ0v) is 13.9. The van der Waals surface area contributed by atoms with Gasteiger partial charge in [-0.3, -0.25) is 10.2 Å². The smallest absolute Gasteiger partial charge is 0.324 e. The molecule has 3 rings (SSSR count). The Bertz CT molecular complexity index is 659. The summed E-state index contributed by atoms with van der Waals surface area (Å²) >= 11 is 0. The van der Waals surface area contributed by atoms with Crippen molar-refractivity contribution in [2.45, 2.75) is 0 Å². The number of aromatic nitrogens is 2. The predicted octanol–water partition coefficient (Wildman–Crippen LogP) is 1.86. The van der Waals surface area contributed by atoms with Gasteiger partial charge < -0.3 is 15.4 Å². The lowest BCUT2D eigenvalue weighted by Crippen LogP contribution is -2.39. The molecule has 2 aromatic rings. The van der Waals surface area contributed by atoms with Crippen molar-refractivity contribution in [2.24, 2.45) is 0 Å². The van der Waals surface area contributed by atoms with Crippen LogP contribution in [0.4, 0.5) is 22.1 Å². The molecule has 0 aliphatic carbocycles. The minimum absolute atomic E-state index is 0.353. The van der Waals surface area contributed by atoms with Crippen LogP contribution in [0.25, 0.3) is 0 Å². The van der Waals surface area contributed by atoms with Gasteiger partial charge in [0.25, 0.3) is 0 Å². The molecule has 1 aromatic carbocycles. The van der Waals surface area contributed by atoms with Crippen LogP contribution < -0.4 is 16.0 Å². The van der Waals surface area contributed by atoms with Crippen LogP contribution in [0.15, 0.2) is 42.5 Å². The number of benzene rings is 1. The normalized spacial score (nSPS) is 14.7. The molecule has 8 nitrogen and oxygen atoms in total. The van der Waals surface area contributed by atoms with Gasteiger partial charge in [0.05, 0.1) is 13.2 Å². The number of anilines is 3. The van der Waals surface area contributed by atoms with E-state index in [1.807, 2.05) is 30.3 Å². The molecule has 0 saturated carbocycles. The van der Waals surface area contributed by atoms with Crippen molar-refractivity contribution < 1.29 is 9.53 Å². The van der Waals surface area contributed by atoms with Crippen molar-refractivity contribution in [3.63, 3.8) is 0 Å². The third-order valence-electron chi connectivity index (χ3n) is 3.78. The lowest BCUT2D eigenvalue weighted by molar-refractivity contribution is 0.0398. The van der Waals surface area contributed by atoms with Gasteiger partial charge in [-0.2, -0.15) is 0 Å². The van der Waals surface area contributed by atoms with Crippen molar-refractivity contribution in [1.82, 2.24) is 15.1 Å². The molecule has 1 saturated heterocycles. The number of rotatable bonds is 6. The maximum absolute atomic E-state index is 11.9. The van der Waals surface area contributed by atoms with Crippen LogP contribution in [0, 0.1) is 0 Å². The highest BCUT2D eigenvalue weighted by Gasteiger charge is 2.09. The van der Waals surface area contributed by atoms with Crippen molar-refractivity contribution in [3.8, 4) is 0 Å². The fourth-order valence-corrected chi connectivity index (χ4v) is 2.46. The van der Waals surface area contributed by atoms with E-state index in [0.717, 1.165) is 39.4 Å². The first-order valence-electron chi connectivity index (χ1n) is 8.30. The van der Waals surface area contributed by atoms with Gasteiger partial charge in [-0.05, 0) is 24.3 Å². The topological polar surface area (TPSA) is 91.4 Å². The van der Waals surface area contributed by atoms with Crippen LogP contribution in [-0.4, -0.2) is 60.5 Å². The molecule has 8 heteroatoms. The van der Waals surface area contributed by atoms with Crippen molar-refractivity contribution in [2.75, 3.05) is 55.3 Å². The average Bonchev–Trinajstić information content (AvgIpc) is 2.65. The van der Waals surface area contributed by atoms with E-state index < -0.39 is 0 Å². The molecule has 0 bridgehead atoms. The third-order valence-corrected chi connectivity index (χ3v) is 3.78. The second-order valence-electron chi connectivity index (χ2n) is 5.63. The number of amides is 2. The fourth-order valence-electron chi connectivity index (χ4n) is 2.46. The third kappa shape index (κ3) is 5.70. The molecule has 2 amide bonds. The molecule has 0 unspecified atom stereocenters. The van der Waals surface area contributed by atoms with Gasteiger partial charge in [-0.1, -0.05) is 18.2 Å². The van der Waals surface area contributed by atoms with Gasteiger partial charge in [0.1, 0.15) is 5.82 Å². The fraction of sp³-hybridized carbons (Fsp3) is 0.353. The Hall–Kier alpha value is -2.71. The van der Waals surface area contributed by atoms with Crippen LogP contribution in [0.3, 0.4) is 0 Å². The van der Waals surface area contributed by atoms with E-state index in [9.17, 15) is 4.79 Å². The summed E-state index contributed by atoms with van der Waals surface area (Å²) < 4.78 is 5.32. The minimum Gasteiger partial charge on any atom is -0.379 e. The molecule has 3 N–H and O–H groups in total. The van der Waals surface area contributed by atoms with Crippen molar-refractivity contribution in [1.29, 1.82) is 0 Å². The quantitative estimate of drug-likeness (QED) is 0.742. The highest BCUT2D eigenvalue weighted by atomic mass is 16.5. The Morgan fingerprint density at radius 1 is 1.00 bits per heavy atom. The standard InChI is InChI=1S/C17H22N6O2/c24-17(19-14-4-2-1-3-5-14)20-16-7-6-15(21-22-16)18-8-9-23-10-12-25-13-11-23/h1-7H,8-13H2,(H,18,21)(H2,19,20,22,24). The van der Waals surface area contributed by atoms with Gasteiger partial charge in [0, 0.05) is 31.9 Å². The van der Waals surface area contributed by atoms with Gasteiger partial charge in [0.15, 0.2) is 5.82 Å². The number of nitrogens with zero attached hydrogens (tertiary/aromatic N) is 3. The van der Waals surface area contributed by atoms with Crippen LogP contribution in [0.2, 0.25) is 0 Å². The zero-order chi connectivity index (χ0) is 17.3. The molecule has 1 aliphatic heterocycles. The summed E-state index contributed by atoms with van der Waals surface area (Å²) in [5.74, 6) is 1.08. The Labute approximate surface area is 146 Å². The predicted molar refractivity (Wildman–Crippen MR) is 96.9 cm³/mol. The second-order valence-corrected chi connectivity index (χ2v) is 5.63. The minimum atomic E-state index is -0.353. The van der Waals surface area contributed by atoms with Crippen LogP contribution in [0.1, 0.15) is 0 Å². The molecular weight excluding hydrogens is 320 g/mol. The van der Waals surface area contributed by atoms with E-state index in [1.54, 1.807) is 12.1 Å². The lowest BCUT2D eigenvalue weighted by Gasteiger charge is -2.26. The van der Waals surface area contributed by atoms with Gasteiger partial charge >= 0.3 is 6.03 Å². The first-order valence-corrected chi connectivity index (χ1v) is 8.30. The number of hydrogen-bond donors (Lipinski definition) is 3. The number of carbonyl (C=O) groups excluding carboxylic acids is 1. The monoisotopic (exact) mass is 342 g/mol. The maximum atomic E-state index is 11.9. The number of carbonyl (C=O) groups is 1. The molecule has 0 spiro atoms. The van der Waals surface area contributed by atoms with E-state index in [0.29, 0.717) is 17.3 Å². The van der Waals surface area contributed by atoms with E-state index in [4.69, 9.17) is 4.74 Å². The summed E-state index contributed by atoms with van der Waals surface area (Å²) in [6.07, 6.45) is 0. The number of para-hydroxylation sites is 1. The largest absolute Gasteiger partial charge is 0.379 e. The van der Waals surface area contributed by atoms with Gasteiger partial charge in [-0.15, -0.1) is 10.2 Å². The number of ether oxygens (including phenoxy) is 1. The Balaban J connectivity index is 1.41. The number of hydrogen-bond acceptors (Lipinski definition) is 6. The Kier molecular flexibility index (Phi) is 6.13. The van der Waals surface area contributed by atoms with Crippen LogP contribution in [-0.2, 0) is 4.74 Å². The molecule has 1 fully saturated rings. The summed E-state index contributed by atoms with van der Waals surface area (Å²) in [7, 11) is 0. The molecule has 25 heavy (non-hydrogen) atoms. The first kappa shape index (κ1) is 17.1. The van der Waals surface area contributed by atoms with E-state index in [1.165, 1.54) is 0 Å². The Morgan fingerprint density at radius 3 is 2.44 bits per heavy atom. The molecule has 2 heterocycles. The van der Waals surface area contributed by atoms with Crippen molar-refractivity contribution in [3.05, 3.63) is 42.5 Å². The SMILES string of the molecule is O=C(Nc1ccccc1)Nc1ccc(NCCN2CCOCC2)nn1. The summed E-state index contributed by atoms with van der Waals surface area (Å²) in [5, 5.41) is 16.7. The number of nitrogens with one attached hydrogen (secondary N) is 3. The highest BCUT2D eigenvalue weighted by molar-refractivity contribution is 5.99. The van der Waals surface area contributed by atoms with Gasteiger partial charge in [0.2, 0.25) is 0 Å². The lowest BCUT2D eigenvalue weighted by atomic mass is 10.3. The molecule has 132 valence electrons. The van der Waals surface area contributed by atoms with Crippen molar-refractivity contribution >= 4 is 23.4 Å². The van der Waals surface area contributed by atoms with E-state index >= 15 is 0 Å². The summed E-state index contributed by atoms with van der Waals surface area (Å²) in [4.78, 5) is 14.2.